The highest BCUT2D eigenvalue weighted by Crippen LogP contribution is 2.30. The number of rotatable bonds is 1. The summed E-state index contributed by atoms with van der Waals surface area (Å²) in [5.41, 5.74) is 7.44. The van der Waals surface area contributed by atoms with Crippen molar-refractivity contribution in [2.24, 2.45) is 4.99 Å². The quantitative estimate of drug-likeness (QED) is 0.596. The monoisotopic (exact) mass is 452 g/mol. The largest absolute Gasteiger partial charge is 0.350 e. The number of nitrogens with zero attached hydrogens (tertiary/aromatic N) is 1. The third-order valence-corrected chi connectivity index (χ3v) is 5.43. The van der Waals surface area contributed by atoms with Gasteiger partial charge in [-0.3, -0.25) is 0 Å². The highest BCUT2D eigenvalue weighted by atomic mass is 127. The van der Waals surface area contributed by atoms with Gasteiger partial charge >= 0.3 is 0 Å². The smallest absolute Gasteiger partial charge is 0.105 e. The third-order valence-electron chi connectivity index (χ3n) is 3.30. The lowest BCUT2D eigenvalue weighted by molar-refractivity contribution is 1.27. The van der Waals surface area contributed by atoms with Crippen LogP contribution < -0.4 is 0 Å². The van der Waals surface area contributed by atoms with Crippen LogP contribution in [0.3, 0.4) is 0 Å². The fourth-order valence-corrected chi connectivity index (χ4v) is 3.07. The average Bonchev–Trinajstić information content (AvgIpc) is 2.66. The van der Waals surface area contributed by atoms with Gasteiger partial charge in [-0.1, -0.05) is 0 Å². The van der Waals surface area contributed by atoms with E-state index in [0.717, 1.165) is 9.42 Å². The molecule has 1 aliphatic heterocycles. The number of hydrogen-bond acceptors (Lipinski definition) is 1. The summed E-state index contributed by atoms with van der Waals surface area (Å²) >= 11 is 4.63. The summed E-state index contributed by atoms with van der Waals surface area (Å²) < 4.78 is 2.31. The van der Waals surface area contributed by atoms with Crippen molar-refractivity contribution in [1.82, 2.24) is 4.98 Å². The van der Waals surface area contributed by atoms with Gasteiger partial charge in [-0.2, -0.15) is 0 Å². The van der Waals surface area contributed by atoms with Crippen molar-refractivity contribution >= 4 is 55.0 Å². The fraction of sp³-hybridized carbons (Fsp3) is 0.308. The molecule has 0 unspecified atom stereocenters. The van der Waals surface area contributed by atoms with E-state index in [1.54, 1.807) is 0 Å². The molecule has 0 amide bonds. The average molecular weight is 452 g/mol. The van der Waals surface area contributed by atoms with Gasteiger partial charge in [-0.25, -0.2) is 4.99 Å². The lowest BCUT2D eigenvalue weighted by Crippen LogP contribution is -1.83. The van der Waals surface area contributed by atoms with E-state index in [1.165, 1.54) is 31.7 Å². The topological polar surface area (TPSA) is 28.1 Å². The number of aromatic nitrogens is 1. The molecule has 0 atom stereocenters. The highest BCUT2D eigenvalue weighted by Gasteiger charge is 2.16. The van der Waals surface area contributed by atoms with Crippen LogP contribution in [0.25, 0.3) is 6.08 Å². The van der Waals surface area contributed by atoms with Gasteiger partial charge in [-0.05, 0) is 101 Å². The SMILES string of the molecule is CC1=C(C)/C(=C/c2[nH]c(I)c(C)c2C)N=C1I. The Bertz CT molecular complexity index is 574. The summed E-state index contributed by atoms with van der Waals surface area (Å²) in [5, 5.41) is 0. The van der Waals surface area contributed by atoms with Gasteiger partial charge in [0.2, 0.25) is 0 Å². The molecule has 4 heteroatoms. The van der Waals surface area contributed by atoms with Gasteiger partial charge in [-0.15, -0.1) is 0 Å². The standard InChI is InChI=1S/C13H14I2N2/c1-6-8(3)12(14)16-10(6)5-11-7(2)9(4)13(15)17-11/h5,16H,1-4H3/b11-5-. The number of hydrogen-bond donors (Lipinski definition) is 1. The third kappa shape index (κ3) is 2.38. The van der Waals surface area contributed by atoms with E-state index in [1.807, 2.05) is 0 Å². The fourth-order valence-electron chi connectivity index (χ4n) is 1.71. The molecular weight excluding hydrogens is 438 g/mol. The molecule has 0 spiro atoms. The molecule has 2 nitrogen and oxygen atoms in total. The molecule has 0 saturated carbocycles. The molecular formula is C13H14I2N2. The van der Waals surface area contributed by atoms with Crippen molar-refractivity contribution in [1.29, 1.82) is 0 Å². The number of allylic oxidation sites excluding steroid dienone is 2. The molecule has 17 heavy (non-hydrogen) atoms. The van der Waals surface area contributed by atoms with Crippen molar-refractivity contribution in [3.8, 4) is 0 Å². The van der Waals surface area contributed by atoms with E-state index in [0.29, 0.717) is 0 Å². The molecule has 0 saturated heterocycles. The Hall–Kier alpha value is -0.110. The lowest BCUT2D eigenvalue weighted by Gasteiger charge is -1.98. The number of H-pyrrole nitrogens is 1. The Kier molecular flexibility index (Phi) is 3.82. The van der Waals surface area contributed by atoms with E-state index >= 15 is 0 Å². The summed E-state index contributed by atoms with van der Waals surface area (Å²) in [6.07, 6.45) is 2.15. The normalized spacial score (nSPS) is 18.2. The molecule has 2 heterocycles. The first-order chi connectivity index (χ1) is 7.91. The van der Waals surface area contributed by atoms with Crippen molar-refractivity contribution in [3.63, 3.8) is 0 Å². The minimum atomic E-state index is 1.08. The van der Waals surface area contributed by atoms with E-state index in [9.17, 15) is 0 Å². The first kappa shape index (κ1) is 13.3. The molecule has 0 aliphatic carbocycles. The van der Waals surface area contributed by atoms with Gasteiger partial charge in [0.05, 0.1) is 9.40 Å². The van der Waals surface area contributed by atoms with Gasteiger partial charge in [0, 0.05) is 5.69 Å². The number of nitrogens with one attached hydrogen (secondary N) is 1. The molecule has 90 valence electrons. The van der Waals surface area contributed by atoms with Crippen LogP contribution in [0.4, 0.5) is 0 Å². The van der Waals surface area contributed by atoms with Gasteiger partial charge in [0.1, 0.15) is 3.72 Å². The van der Waals surface area contributed by atoms with Crippen LogP contribution in [0.2, 0.25) is 0 Å². The molecule has 1 aromatic heterocycles. The summed E-state index contributed by atoms with van der Waals surface area (Å²) in [5.74, 6) is 0. The lowest BCUT2D eigenvalue weighted by atomic mass is 10.1. The van der Waals surface area contributed by atoms with E-state index < -0.39 is 0 Å². The molecule has 0 radical (unpaired) electrons. The zero-order valence-electron chi connectivity index (χ0n) is 10.3. The second-order valence-corrected chi connectivity index (χ2v) is 6.39. The predicted molar refractivity (Wildman–Crippen MR) is 90.8 cm³/mol. The second kappa shape index (κ2) is 4.87. The Morgan fingerprint density at radius 2 is 1.65 bits per heavy atom. The van der Waals surface area contributed by atoms with Crippen LogP contribution in [0.1, 0.15) is 30.7 Å². The molecule has 0 aromatic carbocycles. The Labute approximate surface area is 129 Å². The van der Waals surface area contributed by atoms with Crippen LogP contribution in [-0.4, -0.2) is 8.70 Å². The maximum Gasteiger partial charge on any atom is 0.105 e. The number of halogens is 2. The van der Waals surface area contributed by atoms with Gasteiger partial charge < -0.3 is 4.98 Å². The molecule has 2 rings (SSSR count). The summed E-state index contributed by atoms with van der Waals surface area (Å²) in [6, 6.07) is 0. The molecule has 0 bridgehead atoms. The Balaban J connectivity index is 2.49. The zero-order valence-corrected chi connectivity index (χ0v) is 14.6. The van der Waals surface area contributed by atoms with Crippen molar-refractivity contribution in [2.75, 3.05) is 0 Å². The maximum atomic E-state index is 4.59. The maximum absolute atomic E-state index is 4.59. The van der Waals surface area contributed by atoms with Crippen LogP contribution >= 0.6 is 45.2 Å². The van der Waals surface area contributed by atoms with Crippen molar-refractivity contribution < 1.29 is 0 Å². The van der Waals surface area contributed by atoms with Crippen LogP contribution in [0, 0.1) is 17.5 Å². The second-order valence-electron chi connectivity index (χ2n) is 4.28. The Morgan fingerprint density at radius 1 is 1.00 bits per heavy atom. The Morgan fingerprint density at radius 3 is 2.06 bits per heavy atom. The van der Waals surface area contributed by atoms with Crippen LogP contribution in [-0.2, 0) is 0 Å². The molecule has 0 fully saturated rings. The van der Waals surface area contributed by atoms with E-state index in [4.69, 9.17) is 0 Å². The molecule has 1 N–H and O–H groups in total. The van der Waals surface area contributed by atoms with E-state index in [2.05, 4.69) is 88.9 Å². The first-order valence-electron chi connectivity index (χ1n) is 5.40. The van der Waals surface area contributed by atoms with Crippen LogP contribution in [0.15, 0.2) is 21.8 Å². The number of aromatic amines is 1. The van der Waals surface area contributed by atoms with E-state index in [-0.39, 0.29) is 0 Å². The molecule has 1 aliphatic rings. The minimum Gasteiger partial charge on any atom is -0.350 e. The summed E-state index contributed by atoms with van der Waals surface area (Å²) in [6.45, 7) is 8.55. The first-order valence-corrected chi connectivity index (χ1v) is 7.56. The summed E-state index contributed by atoms with van der Waals surface area (Å²) in [4.78, 5) is 8.00. The van der Waals surface area contributed by atoms with Gasteiger partial charge in [0.25, 0.3) is 0 Å². The predicted octanol–water partition coefficient (Wildman–Crippen LogP) is 4.76. The van der Waals surface area contributed by atoms with Crippen molar-refractivity contribution in [2.45, 2.75) is 27.7 Å². The zero-order chi connectivity index (χ0) is 12.7. The summed E-state index contributed by atoms with van der Waals surface area (Å²) in [7, 11) is 0. The van der Waals surface area contributed by atoms with Gasteiger partial charge in [0.15, 0.2) is 0 Å². The number of aliphatic imine (C=N–C) groups is 1. The van der Waals surface area contributed by atoms with Crippen molar-refractivity contribution in [3.05, 3.63) is 37.4 Å². The van der Waals surface area contributed by atoms with Crippen LogP contribution in [0.5, 0.6) is 0 Å². The highest BCUT2D eigenvalue weighted by molar-refractivity contribution is 14.1. The molecule has 1 aromatic rings. The minimum absolute atomic E-state index is 1.08.